The Balaban J connectivity index is 2.15. The van der Waals surface area contributed by atoms with E-state index in [1.807, 2.05) is 6.92 Å². The van der Waals surface area contributed by atoms with Gasteiger partial charge in [-0.05, 0) is 6.42 Å². The number of imide groups is 1. The first kappa shape index (κ1) is 15.2. The maximum atomic E-state index is 11.9. The van der Waals surface area contributed by atoms with E-state index in [0.717, 1.165) is 23.7 Å². The molecule has 1 aromatic heterocycles. The van der Waals surface area contributed by atoms with Crippen LogP contribution in [0.3, 0.4) is 0 Å². The van der Waals surface area contributed by atoms with Gasteiger partial charge in [0.05, 0.1) is 6.42 Å². The van der Waals surface area contributed by atoms with Gasteiger partial charge in [0.15, 0.2) is 0 Å². The summed E-state index contributed by atoms with van der Waals surface area (Å²) in [6, 6.07) is 1.23. The summed E-state index contributed by atoms with van der Waals surface area (Å²) in [7, 11) is 1.50. The van der Waals surface area contributed by atoms with Crippen LogP contribution in [-0.4, -0.2) is 46.3 Å². The second-order valence-electron chi connectivity index (χ2n) is 5.03. The van der Waals surface area contributed by atoms with Crippen molar-refractivity contribution in [1.82, 2.24) is 14.9 Å². The van der Waals surface area contributed by atoms with Gasteiger partial charge < -0.3 is 10.6 Å². The summed E-state index contributed by atoms with van der Waals surface area (Å²) in [6.45, 7) is 4.87. The Morgan fingerprint density at radius 3 is 2.57 bits per heavy atom. The van der Waals surface area contributed by atoms with Crippen LogP contribution in [0.5, 0.6) is 0 Å². The van der Waals surface area contributed by atoms with Gasteiger partial charge in [0.2, 0.25) is 5.91 Å². The molecule has 2 rings (SSSR count). The minimum Gasteiger partial charge on any atom is -0.370 e. The van der Waals surface area contributed by atoms with Gasteiger partial charge in [-0.2, -0.15) is 0 Å². The molecule has 7 heteroatoms. The van der Waals surface area contributed by atoms with Crippen LogP contribution in [0.25, 0.3) is 0 Å². The third-order valence-electron chi connectivity index (χ3n) is 3.35. The fourth-order valence-corrected chi connectivity index (χ4v) is 2.12. The lowest BCUT2D eigenvalue weighted by molar-refractivity contribution is -0.136. The fraction of sp³-hybridized carbons (Fsp3) is 0.571. The number of carbonyl (C=O) groups is 2. The van der Waals surface area contributed by atoms with E-state index in [1.165, 1.54) is 7.05 Å². The molecule has 114 valence electrons. The van der Waals surface area contributed by atoms with Crippen LogP contribution in [0.15, 0.2) is 6.07 Å². The maximum Gasteiger partial charge on any atom is 0.251 e. The lowest BCUT2D eigenvalue weighted by atomic mass is 10.2. The summed E-state index contributed by atoms with van der Waals surface area (Å²) in [4.78, 5) is 33.4. The summed E-state index contributed by atoms with van der Waals surface area (Å²) < 4.78 is 0. The second-order valence-corrected chi connectivity index (χ2v) is 5.03. The highest BCUT2D eigenvalue weighted by atomic mass is 16.2. The SMILES string of the molecule is CCCNc1cc(NC2CC(=O)N(C)C2=O)nc(CC)n1. The number of nitrogens with zero attached hydrogens (tertiary/aromatic N) is 3. The van der Waals surface area contributed by atoms with Crippen molar-refractivity contribution in [3.05, 3.63) is 11.9 Å². The lowest BCUT2D eigenvalue weighted by Gasteiger charge is -2.14. The minimum absolute atomic E-state index is 0.165. The highest BCUT2D eigenvalue weighted by Gasteiger charge is 2.36. The van der Waals surface area contributed by atoms with E-state index >= 15 is 0 Å². The Labute approximate surface area is 124 Å². The number of aryl methyl sites for hydroxylation is 1. The average Bonchev–Trinajstić information content (AvgIpc) is 2.72. The van der Waals surface area contributed by atoms with Gasteiger partial charge in [0.25, 0.3) is 5.91 Å². The molecule has 0 aromatic carbocycles. The second kappa shape index (κ2) is 6.51. The smallest absolute Gasteiger partial charge is 0.251 e. The third kappa shape index (κ3) is 3.48. The molecule has 0 spiro atoms. The van der Waals surface area contributed by atoms with Gasteiger partial charge in [0, 0.05) is 26.1 Å². The van der Waals surface area contributed by atoms with Crippen LogP contribution < -0.4 is 10.6 Å². The van der Waals surface area contributed by atoms with Crippen molar-refractivity contribution in [3.8, 4) is 0 Å². The molecule has 1 unspecified atom stereocenters. The zero-order valence-electron chi connectivity index (χ0n) is 12.6. The molecule has 7 nitrogen and oxygen atoms in total. The number of anilines is 2. The Bertz CT molecular complexity index is 546. The van der Waals surface area contributed by atoms with Crippen molar-refractivity contribution in [2.45, 2.75) is 39.2 Å². The summed E-state index contributed by atoms with van der Waals surface area (Å²) in [5, 5.41) is 6.25. The summed E-state index contributed by atoms with van der Waals surface area (Å²) in [5.41, 5.74) is 0. The first-order valence-corrected chi connectivity index (χ1v) is 7.23. The molecule has 0 radical (unpaired) electrons. The number of rotatable bonds is 6. The van der Waals surface area contributed by atoms with E-state index in [0.29, 0.717) is 18.1 Å². The molecule has 0 aliphatic carbocycles. The molecule has 1 aliphatic rings. The number of amides is 2. The number of aromatic nitrogens is 2. The standard InChI is InChI=1S/C14H21N5O2/c1-4-6-15-11-8-12(18-10(5-2)17-11)16-9-7-13(20)19(3)14(9)21/h8-9H,4-7H2,1-3H3,(H2,15,16,17,18). The molecule has 1 aliphatic heterocycles. The fourth-order valence-electron chi connectivity index (χ4n) is 2.12. The van der Waals surface area contributed by atoms with E-state index in [2.05, 4.69) is 27.5 Å². The molecule has 2 amide bonds. The predicted molar refractivity (Wildman–Crippen MR) is 80.0 cm³/mol. The normalized spacial score (nSPS) is 18.2. The molecule has 1 fully saturated rings. The van der Waals surface area contributed by atoms with Gasteiger partial charge in [-0.25, -0.2) is 9.97 Å². The summed E-state index contributed by atoms with van der Waals surface area (Å²) in [5.74, 6) is 1.60. The first-order chi connectivity index (χ1) is 10.0. The molecular formula is C14H21N5O2. The van der Waals surface area contributed by atoms with Crippen molar-refractivity contribution in [1.29, 1.82) is 0 Å². The molecule has 2 heterocycles. The zero-order chi connectivity index (χ0) is 15.4. The highest BCUT2D eigenvalue weighted by Crippen LogP contribution is 2.18. The predicted octanol–water partition coefficient (Wildman–Crippen LogP) is 1.03. The summed E-state index contributed by atoms with van der Waals surface area (Å²) in [6.07, 6.45) is 1.86. The third-order valence-corrected chi connectivity index (χ3v) is 3.35. The van der Waals surface area contributed by atoms with Gasteiger partial charge >= 0.3 is 0 Å². The Morgan fingerprint density at radius 1 is 1.29 bits per heavy atom. The lowest BCUT2D eigenvalue weighted by Crippen LogP contribution is -2.32. The minimum atomic E-state index is -0.541. The molecule has 1 aromatic rings. The molecule has 21 heavy (non-hydrogen) atoms. The monoisotopic (exact) mass is 291 g/mol. The van der Waals surface area contributed by atoms with Crippen LogP contribution >= 0.6 is 0 Å². The molecule has 0 bridgehead atoms. The molecule has 1 saturated heterocycles. The largest absolute Gasteiger partial charge is 0.370 e. The zero-order valence-corrected chi connectivity index (χ0v) is 12.6. The van der Waals surface area contributed by atoms with Gasteiger partial charge in [-0.3, -0.25) is 14.5 Å². The average molecular weight is 291 g/mol. The van der Waals surface area contributed by atoms with Crippen molar-refractivity contribution in [2.75, 3.05) is 24.2 Å². The van der Waals surface area contributed by atoms with Gasteiger partial charge in [-0.1, -0.05) is 13.8 Å². The molecule has 1 atom stereocenters. The summed E-state index contributed by atoms with van der Waals surface area (Å²) >= 11 is 0. The number of nitrogens with one attached hydrogen (secondary N) is 2. The Hall–Kier alpha value is -2.18. The van der Waals surface area contributed by atoms with Crippen molar-refractivity contribution in [2.24, 2.45) is 0 Å². The van der Waals surface area contributed by atoms with E-state index < -0.39 is 6.04 Å². The van der Waals surface area contributed by atoms with E-state index in [4.69, 9.17) is 0 Å². The van der Waals surface area contributed by atoms with Crippen LogP contribution in [0.1, 0.15) is 32.5 Å². The Kier molecular flexibility index (Phi) is 4.72. The number of hydrogen-bond acceptors (Lipinski definition) is 6. The first-order valence-electron chi connectivity index (χ1n) is 7.23. The molecule has 2 N–H and O–H groups in total. The van der Waals surface area contributed by atoms with Crippen LogP contribution in [0, 0.1) is 0 Å². The maximum absolute atomic E-state index is 11.9. The van der Waals surface area contributed by atoms with E-state index in [1.54, 1.807) is 6.07 Å². The van der Waals surface area contributed by atoms with Crippen molar-refractivity contribution in [3.63, 3.8) is 0 Å². The Morgan fingerprint density at radius 2 is 2.00 bits per heavy atom. The van der Waals surface area contributed by atoms with Crippen molar-refractivity contribution >= 4 is 23.5 Å². The highest BCUT2D eigenvalue weighted by molar-refractivity contribution is 6.06. The van der Waals surface area contributed by atoms with E-state index in [9.17, 15) is 9.59 Å². The van der Waals surface area contributed by atoms with Gasteiger partial charge in [0.1, 0.15) is 23.5 Å². The van der Waals surface area contributed by atoms with Crippen molar-refractivity contribution < 1.29 is 9.59 Å². The number of likely N-dealkylation sites (tertiary alicyclic amines) is 1. The molecule has 0 saturated carbocycles. The number of hydrogen-bond donors (Lipinski definition) is 2. The molecular weight excluding hydrogens is 270 g/mol. The van der Waals surface area contributed by atoms with Gasteiger partial charge in [-0.15, -0.1) is 0 Å². The quantitative estimate of drug-likeness (QED) is 0.761. The van der Waals surface area contributed by atoms with Crippen LogP contribution in [-0.2, 0) is 16.0 Å². The van der Waals surface area contributed by atoms with Crippen LogP contribution in [0.2, 0.25) is 0 Å². The van der Waals surface area contributed by atoms with E-state index in [-0.39, 0.29) is 18.2 Å². The topological polar surface area (TPSA) is 87.2 Å². The number of carbonyl (C=O) groups excluding carboxylic acids is 2. The number of likely N-dealkylation sites (N-methyl/N-ethyl adjacent to an activating group) is 1. The van der Waals surface area contributed by atoms with Crippen LogP contribution in [0.4, 0.5) is 11.6 Å².